The normalized spacial score (nSPS) is 21.4. The number of anilines is 2. The number of nitrogens with zero attached hydrogens (tertiary/aromatic N) is 2. The Hall–Kier alpha value is -9.66. The van der Waals surface area contributed by atoms with Crippen LogP contribution in [0.5, 0.6) is 17.2 Å². The summed E-state index contributed by atoms with van der Waals surface area (Å²) in [5.41, 5.74) is 3.14. The molecule has 0 radical (unpaired) electrons. The largest absolute Gasteiger partial charge is 0.491 e. The van der Waals surface area contributed by atoms with Crippen molar-refractivity contribution in [3.8, 4) is 17.2 Å². The Labute approximate surface area is 690 Å². The molecular formula is C82H99Cl2N3O31. The van der Waals surface area contributed by atoms with Crippen molar-refractivity contribution in [3.63, 3.8) is 0 Å². The van der Waals surface area contributed by atoms with Crippen molar-refractivity contribution in [1.29, 1.82) is 0 Å². The summed E-state index contributed by atoms with van der Waals surface area (Å²) in [4.78, 5) is 138. The highest BCUT2D eigenvalue weighted by Crippen LogP contribution is 2.49. The quantitative estimate of drug-likeness (QED) is 0.0102. The third-order valence-corrected chi connectivity index (χ3v) is 19.2. The van der Waals surface area contributed by atoms with Crippen molar-refractivity contribution in [2.24, 2.45) is 5.90 Å². The van der Waals surface area contributed by atoms with Crippen LogP contribution in [0.4, 0.5) is 11.4 Å². The maximum Gasteiger partial charge on any atom is 0.303 e. The number of halogens is 2. The molecule has 118 heavy (non-hydrogen) atoms. The average molecular weight is 1690 g/mol. The number of benzene rings is 5. The van der Waals surface area contributed by atoms with E-state index in [1.54, 1.807) is 78.9 Å². The van der Waals surface area contributed by atoms with Gasteiger partial charge in [-0.1, -0.05) is 60.7 Å². The van der Waals surface area contributed by atoms with Crippen molar-refractivity contribution < 1.29 is 148 Å². The highest BCUT2D eigenvalue weighted by atomic mass is 35.5. The van der Waals surface area contributed by atoms with Gasteiger partial charge in [-0.05, 0) is 45.7 Å². The minimum atomic E-state index is -1.62. The molecule has 0 aromatic heterocycles. The lowest BCUT2D eigenvalue weighted by Gasteiger charge is -2.44. The first-order valence-corrected chi connectivity index (χ1v) is 39.2. The summed E-state index contributed by atoms with van der Waals surface area (Å²) in [5.74, 6) is -2.56. The van der Waals surface area contributed by atoms with E-state index in [0.29, 0.717) is 129 Å². The maximum atomic E-state index is 15.0. The van der Waals surface area contributed by atoms with Gasteiger partial charge in [-0.2, -0.15) is 0 Å². The van der Waals surface area contributed by atoms with E-state index >= 15 is 0 Å². The van der Waals surface area contributed by atoms with E-state index in [1.165, 1.54) is 22.0 Å². The highest BCUT2D eigenvalue weighted by Gasteiger charge is 2.56. The van der Waals surface area contributed by atoms with Crippen molar-refractivity contribution in [3.05, 3.63) is 113 Å². The zero-order valence-electron chi connectivity index (χ0n) is 66.7. The summed E-state index contributed by atoms with van der Waals surface area (Å²) in [5, 5.41) is 2.32. The molecule has 4 aliphatic rings. The van der Waals surface area contributed by atoms with Gasteiger partial charge in [0.2, 0.25) is 24.8 Å². The first-order valence-electron chi connectivity index (χ1n) is 38.2. The molecule has 642 valence electrons. The van der Waals surface area contributed by atoms with Crippen LogP contribution in [0.3, 0.4) is 0 Å². The molecule has 5 aromatic rings. The second-order valence-corrected chi connectivity index (χ2v) is 27.8. The first-order chi connectivity index (χ1) is 56.9. The molecular weight excluding hydrogens is 1590 g/mol. The fraction of sp³-hybridized carbons (Fsp3) is 0.512. The van der Waals surface area contributed by atoms with Crippen LogP contribution in [-0.2, 0) is 133 Å². The predicted molar refractivity (Wildman–Crippen MR) is 421 cm³/mol. The molecule has 2 amide bonds. The van der Waals surface area contributed by atoms with Gasteiger partial charge >= 0.3 is 47.8 Å². The fourth-order valence-electron chi connectivity index (χ4n) is 13.7. The molecule has 0 spiro atoms. The molecule has 12 atom stereocenters. The molecule has 0 saturated carbocycles. The lowest BCUT2D eigenvalue weighted by molar-refractivity contribution is -0.288. The van der Waals surface area contributed by atoms with Crippen LogP contribution >= 0.6 is 23.2 Å². The number of carbonyl (C=O) groups excluding carboxylic acids is 10. The first kappa shape index (κ1) is 92.2. The lowest BCUT2D eigenvalue weighted by Crippen LogP contribution is -2.63. The van der Waals surface area contributed by atoms with Crippen molar-refractivity contribution in [2.75, 3.05) is 154 Å². The zero-order chi connectivity index (χ0) is 84.8. The molecule has 4 heterocycles. The van der Waals surface area contributed by atoms with Gasteiger partial charge in [-0.15, -0.1) is 23.2 Å². The Morgan fingerprint density at radius 1 is 0.398 bits per heavy atom. The lowest BCUT2D eigenvalue weighted by atomic mass is 9.95. The number of nitrogens with two attached hydrogens (primary N) is 1. The second kappa shape index (κ2) is 46.6. The molecule has 2 saturated heterocycles. The van der Waals surface area contributed by atoms with Gasteiger partial charge < -0.3 is 109 Å². The molecule has 4 aliphatic heterocycles. The molecule has 2 fully saturated rings. The van der Waals surface area contributed by atoms with Crippen LogP contribution in [-0.4, -0.2) is 265 Å². The van der Waals surface area contributed by atoms with Gasteiger partial charge in [0.25, 0.3) is 11.8 Å². The van der Waals surface area contributed by atoms with Crippen LogP contribution in [0, 0.1) is 0 Å². The summed E-state index contributed by atoms with van der Waals surface area (Å²) in [6, 6.07) is 22.6. The zero-order valence-corrected chi connectivity index (χ0v) is 68.2. The molecule has 0 bridgehead atoms. The molecule has 0 aliphatic carbocycles. The molecule has 0 unspecified atom stereocenters. The van der Waals surface area contributed by atoms with Gasteiger partial charge in [0.05, 0.1) is 110 Å². The van der Waals surface area contributed by atoms with E-state index in [9.17, 15) is 47.9 Å². The number of esters is 8. The monoisotopic (exact) mass is 1690 g/mol. The van der Waals surface area contributed by atoms with Crippen LogP contribution in [0.15, 0.2) is 91.0 Å². The van der Waals surface area contributed by atoms with Gasteiger partial charge in [-0.25, -0.2) is 5.90 Å². The summed E-state index contributed by atoms with van der Waals surface area (Å²) in [7, 11) is 0. The second-order valence-electron chi connectivity index (χ2n) is 27.1. The summed E-state index contributed by atoms with van der Waals surface area (Å²) < 4.78 is 116. The van der Waals surface area contributed by atoms with E-state index in [2.05, 4.69) is 4.84 Å². The van der Waals surface area contributed by atoms with Gasteiger partial charge in [-0.3, -0.25) is 47.9 Å². The average Bonchev–Trinajstić information content (AvgIpc) is 1.57. The van der Waals surface area contributed by atoms with Crippen molar-refractivity contribution in [1.82, 2.24) is 0 Å². The van der Waals surface area contributed by atoms with E-state index in [-0.39, 0.29) is 68.5 Å². The number of alkyl halides is 2. The Morgan fingerprint density at radius 2 is 0.737 bits per heavy atom. The number of hydrogen-bond donors (Lipinski definition) is 1. The van der Waals surface area contributed by atoms with E-state index in [1.807, 2.05) is 12.1 Å². The smallest absolute Gasteiger partial charge is 0.303 e. The summed E-state index contributed by atoms with van der Waals surface area (Å²) in [6.07, 6.45) is -9.18. The number of hydrogen-bond acceptors (Lipinski definition) is 32. The molecule has 34 nitrogen and oxygen atoms in total. The Kier molecular flexibility index (Phi) is 36.4. The third kappa shape index (κ3) is 26.4. The topological polar surface area (TPSA) is 397 Å². The van der Waals surface area contributed by atoms with Gasteiger partial charge in [0.1, 0.15) is 49.3 Å². The standard InChI is InChI=1S/C82H99Cl2N3O31/c1-48(88)106-46-69-75(109-50(3)90)77(111-52(5)92)79(113-54(7)94)81(117-69)115-67-40-64-73(62-15-11-9-13-60(62)67)58(42-83)44-86(64)71(96)21-18-56-17-19-57(66(39-56)105-37-35-103-33-31-101-29-27-99-25-23-98-24-26-100-28-30-102-32-34-104-36-38-108-85)20-22-72(97)87-45-59(43-84)74-63-16-12-10-14-61(63)68(41-65(74)87)116-82-80(114-55(8)95)78(112-53(6)93)76(110-51(4)91)70(118-82)47-107-49(2)89/h9-22,39-41,58-59,69-70,75-82H,23-38,42-47,85H2,1-8H3/b21-18+,22-20+/t58-,59-,69-,70-,75+,76+,77+,78+,79-,80-,81-,82-/m1/s1. The minimum Gasteiger partial charge on any atom is -0.491 e. The Morgan fingerprint density at radius 3 is 1.09 bits per heavy atom. The van der Waals surface area contributed by atoms with Crippen molar-refractivity contribution >= 4 is 128 Å². The fourth-order valence-corrected chi connectivity index (χ4v) is 14.2. The van der Waals surface area contributed by atoms with E-state index < -0.39 is 146 Å². The number of fused-ring (bicyclic) bond motifs is 6. The van der Waals surface area contributed by atoms with Crippen LogP contribution in [0.25, 0.3) is 33.7 Å². The minimum absolute atomic E-state index is 0.0112. The molecule has 2 N–H and O–H groups in total. The Balaban J connectivity index is 0.949. The molecule has 9 rings (SSSR count). The van der Waals surface area contributed by atoms with Crippen LogP contribution in [0.2, 0.25) is 0 Å². The van der Waals surface area contributed by atoms with Gasteiger partial charge in [0, 0.05) is 133 Å². The predicted octanol–water partition coefficient (Wildman–Crippen LogP) is 7.07. The maximum absolute atomic E-state index is 15.0. The summed E-state index contributed by atoms with van der Waals surface area (Å²) >= 11 is 13.5. The SMILES string of the molecule is CC(=O)OC[C@H]1O[C@@H](Oc2cc3c(c4ccccc24)[C@H](CCl)CN3C(=O)/C=C/c2ccc(/C=C/C(=O)N3C[C@@H](CCl)c4c3cc(O[C@@H]3O[C@H](COC(C)=O)[C@H](OC(C)=O)[C@H](OC(C)=O)[C@H]3OC(C)=O)c3ccccc43)c(OCCOCCOCCOCCOCCOCCOCCOCCON)c2)[C@H](OC(C)=O)[C@@H](OC(C)=O)[C@H]1OC(C)=O. The number of carbonyl (C=O) groups is 10. The van der Waals surface area contributed by atoms with Crippen molar-refractivity contribution in [2.45, 2.75) is 129 Å². The highest BCUT2D eigenvalue weighted by molar-refractivity contribution is 6.20. The number of rotatable bonds is 45. The molecule has 36 heteroatoms. The third-order valence-electron chi connectivity index (χ3n) is 18.5. The van der Waals surface area contributed by atoms with E-state index in [0.717, 1.165) is 61.0 Å². The van der Waals surface area contributed by atoms with Crippen LogP contribution < -0.4 is 29.9 Å². The van der Waals surface area contributed by atoms with Crippen LogP contribution in [0.1, 0.15) is 89.5 Å². The Bertz CT molecular complexity index is 4330. The number of ether oxygens (including phenoxy) is 20. The number of amides is 2. The van der Waals surface area contributed by atoms with E-state index in [4.69, 9.17) is 124 Å². The van der Waals surface area contributed by atoms with Gasteiger partial charge in [0.15, 0.2) is 24.4 Å². The summed E-state index contributed by atoms with van der Waals surface area (Å²) in [6.45, 7) is 13.2. The molecule has 5 aromatic carbocycles.